The van der Waals surface area contributed by atoms with Crippen LogP contribution in [0.4, 0.5) is 0 Å². The standard InChI is InChI=1S/C8H8N2/c1-2-3-4-8-7-9-5-6-10-8/h5-7H,2H2,1H3. The summed E-state index contributed by atoms with van der Waals surface area (Å²) in [4.78, 5) is 7.85. The molecular weight excluding hydrogens is 124 g/mol. The molecule has 0 saturated carbocycles. The van der Waals surface area contributed by atoms with E-state index in [9.17, 15) is 0 Å². The van der Waals surface area contributed by atoms with Crippen LogP contribution >= 0.6 is 0 Å². The predicted octanol–water partition coefficient (Wildman–Crippen LogP) is 1.24. The molecule has 1 aromatic heterocycles. The molecule has 1 aromatic rings. The van der Waals surface area contributed by atoms with Gasteiger partial charge in [-0.3, -0.25) is 4.98 Å². The number of hydrogen-bond donors (Lipinski definition) is 0. The first-order valence-electron chi connectivity index (χ1n) is 3.18. The third kappa shape index (κ3) is 1.87. The zero-order valence-corrected chi connectivity index (χ0v) is 5.83. The summed E-state index contributed by atoms with van der Waals surface area (Å²) in [5.74, 6) is 5.78. The Kier molecular flexibility index (Phi) is 2.45. The van der Waals surface area contributed by atoms with E-state index in [1.807, 2.05) is 6.92 Å². The number of nitrogens with zero attached hydrogens (tertiary/aromatic N) is 2. The second-order valence-corrected chi connectivity index (χ2v) is 1.75. The molecule has 1 heterocycles. The van der Waals surface area contributed by atoms with Crippen molar-refractivity contribution in [3.05, 3.63) is 24.3 Å². The average molecular weight is 132 g/mol. The number of rotatable bonds is 0. The summed E-state index contributed by atoms with van der Waals surface area (Å²) < 4.78 is 0. The third-order valence-electron chi connectivity index (χ3n) is 0.956. The quantitative estimate of drug-likeness (QED) is 0.496. The second-order valence-electron chi connectivity index (χ2n) is 1.75. The van der Waals surface area contributed by atoms with Crippen LogP contribution in [0.1, 0.15) is 19.0 Å². The Morgan fingerprint density at radius 1 is 1.50 bits per heavy atom. The van der Waals surface area contributed by atoms with E-state index in [0.717, 1.165) is 12.1 Å². The van der Waals surface area contributed by atoms with Crippen LogP contribution in [-0.2, 0) is 0 Å². The molecule has 0 radical (unpaired) electrons. The fourth-order valence-electron chi connectivity index (χ4n) is 0.543. The SMILES string of the molecule is CCC#Cc1cnccn1. The van der Waals surface area contributed by atoms with Crippen LogP contribution < -0.4 is 0 Å². The van der Waals surface area contributed by atoms with E-state index in [1.54, 1.807) is 18.6 Å². The maximum Gasteiger partial charge on any atom is 0.131 e. The van der Waals surface area contributed by atoms with Crippen molar-refractivity contribution < 1.29 is 0 Å². The molecule has 0 fully saturated rings. The molecule has 10 heavy (non-hydrogen) atoms. The van der Waals surface area contributed by atoms with Crippen molar-refractivity contribution in [2.75, 3.05) is 0 Å². The molecule has 0 spiro atoms. The molecule has 0 amide bonds. The molecule has 0 N–H and O–H groups in total. The summed E-state index contributed by atoms with van der Waals surface area (Å²) in [7, 11) is 0. The van der Waals surface area contributed by atoms with Crippen LogP contribution in [0.2, 0.25) is 0 Å². The van der Waals surface area contributed by atoms with Crippen molar-refractivity contribution in [3.8, 4) is 11.8 Å². The highest BCUT2D eigenvalue weighted by Gasteiger charge is 1.81. The highest BCUT2D eigenvalue weighted by atomic mass is 14.7. The maximum atomic E-state index is 3.98. The van der Waals surface area contributed by atoms with E-state index < -0.39 is 0 Å². The normalized spacial score (nSPS) is 8.10. The van der Waals surface area contributed by atoms with Gasteiger partial charge in [-0.25, -0.2) is 4.98 Å². The van der Waals surface area contributed by atoms with Gasteiger partial charge in [-0.1, -0.05) is 12.8 Å². The van der Waals surface area contributed by atoms with Crippen LogP contribution in [-0.4, -0.2) is 9.97 Å². The Bertz CT molecular complexity index is 243. The Morgan fingerprint density at radius 2 is 2.40 bits per heavy atom. The van der Waals surface area contributed by atoms with Crippen LogP contribution in [0.3, 0.4) is 0 Å². The zero-order valence-electron chi connectivity index (χ0n) is 5.83. The summed E-state index contributed by atoms with van der Waals surface area (Å²) in [6.07, 6.45) is 5.79. The van der Waals surface area contributed by atoms with Gasteiger partial charge in [0.05, 0.1) is 6.20 Å². The monoisotopic (exact) mass is 132 g/mol. The van der Waals surface area contributed by atoms with E-state index >= 15 is 0 Å². The van der Waals surface area contributed by atoms with Crippen molar-refractivity contribution >= 4 is 0 Å². The summed E-state index contributed by atoms with van der Waals surface area (Å²) in [6.45, 7) is 2.00. The summed E-state index contributed by atoms with van der Waals surface area (Å²) in [5.41, 5.74) is 0.740. The Morgan fingerprint density at radius 3 is 3.00 bits per heavy atom. The van der Waals surface area contributed by atoms with Crippen molar-refractivity contribution in [2.24, 2.45) is 0 Å². The lowest BCUT2D eigenvalue weighted by atomic mass is 10.4. The average Bonchev–Trinajstić information content (AvgIpc) is 2.03. The molecule has 0 aliphatic rings. The molecule has 2 nitrogen and oxygen atoms in total. The van der Waals surface area contributed by atoms with Gasteiger partial charge in [0, 0.05) is 18.8 Å². The first kappa shape index (κ1) is 6.76. The fourth-order valence-corrected chi connectivity index (χ4v) is 0.543. The summed E-state index contributed by atoms with van der Waals surface area (Å²) >= 11 is 0. The fraction of sp³-hybridized carbons (Fsp3) is 0.250. The lowest BCUT2D eigenvalue weighted by Crippen LogP contribution is -1.80. The lowest BCUT2D eigenvalue weighted by molar-refractivity contribution is 1.17. The van der Waals surface area contributed by atoms with Gasteiger partial charge in [-0.2, -0.15) is 0 Å². The summed E-state index contributed by atoms with van der Waals surface area (Å²) in [5, 5.41) is 0. The Balaban J connectivity index is 2.76. The molecule has 50 valence electrons. The minimum atomic E-state index is 0.740. The van der Waals surface area contributed by atoms with Gasteiger partial charge in [0.1, 0.15) is 5.69 Å². The number of hydrogen-bond acceptors (Lipinski definition) is 2. The van der Waals surface area contributed by atoms with Crippen LogP contribution in [0.15, 0.2) is 18.6 Å². The van der Waals surface area contributed by atoms with Gasteiger partial charge in [-0.05, 0) is 5.92 Å². The second kappa shape index (κ2) is 3.62. The Labute approximate surface area is 60.3 Å². The van der Waals surface area contributed by atoms with Gasteiger partial charge >= 0.3 is 0 Å². The smallest absolute Gasteiger partial charge is 0.131 e. The van der Waals surface area contributed by atoms with E-state index in [-0.39, 0.29) is 0 Å². The molecule has 2 heteroatoms. The van der Waals surface area contributed by atoms with Crippen LogP contribution in [0, 0.1) is 11.8 Å². The first-order chi connectivity index (χ1) is 4.93. The first-order valence-corrected chi connectivity index (χ1v) is 3.18. The molecule has 1 rings (SSSR count). The minimum Gasteiger partial charge on any atom is -0.260 e. The highest BCUT2D eigenvalue weighted by Crippen LogP contribution is 1.84. The molecular formula is C8H8N2. The molecule has 0 aromatic carbocycles. The molecule has 0 saturated heterocycles. The van der Waals surface area contributed by atoms with Crippen molar-refractivity contribution in [3.63, 3.8) is 0 Å². The minimum absolute atomic E-state index is 0.740. The van der Waals surface area contributed by atoms with Crippen molar-refractivity contribution in [1.82, 2.24) is 9.97 Å². The lowest BCUT2D eigenvalue weighted by Gasteiger charge is -1.83. The Hall–Kier alpha value is -1.36. The largest absolute Gasteiger partial charge is 0.260 e. The van der Waals surface area contributed by atoms with E-state index in [1.165, 1.54) is 0 Å². The molecule has 0 bridgehead atoms. The van der Waals surface area contributed by atoms with Gasteiger partial charge in [0.2, 0.25) is 0 Å². The van der Waals surface area contributed by atoms with Gasteiger partial charge in [0.25, 0.3) is 0 Å². The summed E-state index contributed by atoms with van der Waals surface area (Å²) in [6, 6.07) is 0. The van der Waals surface area contributed by atoms with Gasteiger partial charge < -0.3 is 0 Å². The number of aromatic nitrogens is 2. The van der Waals surface area contributed by atoms with E-state index in [2.05, 4.69) is 21.8 Å². The maximum absolute atomic E-state index is 3.98. The highest BCUT2D eigenvalue weighted by molar-refractivity contribution is 5.23. The predicted molar refractivity (Wildman–Crippen MR) is 39.2 cm³/mol. The van der Waals surface area contributed by atoms with Crippen molar-refractivity contribution in [1.29, 1.82) is 0 Å². The molecule has 0 atom stereocenters. The zero-order chi connectivity index (χ0) is 7.23. The van der Waals surface area contributed by atoms with E-state index in [0.29, 0.717) is 0 Å². The van der Waals surface area contributed by atoms with E-state index in [4.69, 9.17) is 0 Å². The van der Waals surface area contributed by atoms with Crippen LogP contribution in [0.5, 0.6) is 0 Å². The van der Waals surface area contributed by atoms with Gasteiger partial charge in [-0.15, -0.1) is 0 Å². The molecule has 0 aliphatic heterocycles. The van der Waals surface area contributed by atoms with Crippen molar-refractivity contribution in [2.45, 2.75) is 13.3 Å². The topological polar surface area (TPSA) is 25.8 Å². The van der Waals surface area contributed by atoms with Crippen LogP contribution in [0.25, 0.3) is 0 Å². The molecule has 0 aliphatic carbocycles. The van der Waals surface area contributed by atoms with Gasteiger partial charge in [0.15, 0.2) is 0 Å². The molecule has 0 unspecified atom stereocenters. The third-order valence-corrected chi connectivity index (χ3v) is 0.956.